The maximum atomic E-state index is 12.3. The summed E-state index contributed by atoms with van der Waals surface area (Å²) in [5.74, 6) is -0.186. The van der Waals surface area contributed by atoms with Gasteiger partial charge >= 0.3 is 0 Å². The molecule has 0 radical (unpaired) electrons. The number of rotatable bonds is 5. The number of hydrogen-bond acceptors (Lipinski definition) is 3. The van der Waals surface area contributed by atoms with Crippen molar-refractivity contribution < 1.29 is 4.79 Å². The average molecular weight is 421 g/mol. The highest BCUT2D eigenvalue weighted by Crippen LogP contribution is 2.20. The number of pyridine rings is 1. The van der Waals surface area contributed by atoms with E-state index in [9.17, 15) is 4.79 Å². The van der Waals surface area contributed by atoms with E-state index >= 15 is 0 Å². The Morgan fingerprint density at radius 2 is 1.91 bits per heavy atom. The van der Waals surface area contributed by atoms with Crippen molar-refractivity contribution in [1.29, 1.82) is 0 Å². The van der Waals surface area contributed by atoms with Gasteiger partial charge in [0.2, 0.25) is 5.91 Å². The Kier molecular flexibility index (Phi) is 9.39. The monoisotopic (exact) mass is 419 g/mol. The summed E-state index contributed by atoms with van der Waals surface area (Å²) in [5, 5.41) is 2.88. The molecule has 23 heavy (non-hydrogen) atoms. The second-order valence-electron chi connectivity index (χ2n) is 5.08. The van der Waals surface area contributed by atoms with E-state index < -0.39 is 5.54 Å². The fraction of sp³-hybridized carbons (Fsp3) is 0.250. The molecule has 1 heterocycles. The van der Waals surface area contributed by atoms with Gasteiger partial charge in [-0.3, -0.25) is 9.78 Å². The number of halogens is 3. The Bertz CT molecular complexity index is 606. The molecule has 0 spiro atoms. The molecule has 2 aromatic rings. The number of carbonyl (C=O) groups is 1. The second kappa shape index (κ2) is 9.88. The predicted octanol–water partition coefficient (Wildman–Crippen LogP) is 3.22. The number of carbonyl (C=O) groups excluding carboxylic acids is 1. The van der Waals surface area contributed by atoms with Crippen LogP contribution in [0.15, 0.2) is 53.3 Å². The zero-order valence-electron chi connectivity index (χ0n) is 12.7. The van der Waals surface area contributed by atoms with Crippen molar-refractivity contribution in [2.75, 3.05) is 6.54 Å². The zero-order chi connectivity index (χ0) is 15.3. The van der Waals surface area contributed by atoms with Crippen LogP contribution in [-0.2, 0) is 16.8 Å². The number of amides is 1. The third-order valence-electron chi connectivity index (χ3n) is 3.34. The first kappa shape index (κ1) is 21.9. The van der Waals surface area contributed by atoms with E-state index in [2.05, 4.69) is 26.2 Å². The molecule has 1 atom stereocenters. The van der Waals surface area contributed by atoms with Gasteiger partial charge in [-0.1, -0.05) is 34.1 Å². The van der Waals surface area contributed by atoms with Gasteiger partial charge in [0.25, 0.3) is 0 Å². The van der Waals surface area contributed by atoms with Gasteiger partial charge in [-0.15, -0.1) is 24.8 Å². The van der Waals surface area contributed by atoms with Crippen LogP contribution in [0.25, 0.3) is 0 Å². The van der Waals surface area contributed by atoms with Crippen LogP contribution in [0.3, 0.4) is 0 Å². The summed E-state index contributed by atoms with van der Waals surface area (Å²) < 4.78 is 0.957. The lowest BCUT2D eigenvalue weighted by Crippen LogP contribution is -2.49. The van der Waals surface area contributed by atoms with Crippen molar-refractivity contribution in [2.24, 2.45) is 5.73 Å². The lowest BCUT2D eigenvalue weighted by molar-refractivity contribution is -0.126. The van der Waals surface area contributed by atoms with Crippen LogP contribution in [0.2, 0.25) is 0 Å². The molecule has 1 unspecified atom stereocenters. The van der Waals surface area contributed by atoms with Gasteiger partial charge in [-0.05, 0) is 42.7 Å². The molecule has 0 aliphatic carbocycles. The molecule has 126 valence electrons. The van der Waals surface area contributed by atoms with E-state index in [1.807, 2.05) is 36.4 Å². The number of hydrogen-bond donors (Lipinski definition) is 2. The van der Waals surface area contributed by atoms with Gasteiger partial charge in [0, 0.05) is 23.4 Å². The Morgan fingerprint density at radius 1 is 1.26 bits per heavy atom. The van der Waals surface area contributed by atoms with Gasteiger partial charge in [0.05, 0.1) is 0 Å². The molecule has 0 fully saturated rings. The fourth-order valence-electron chi connectivity index (χ4n) is 1.98. The Labute approximate surface area is 157 Å². The molecule has 1 aromatic carbocycles. The van der Waals surface area contributed by atoms with Crippen molar-refractivity contribution in [2.45, 2.75) is 18.9 Å². The third kappa shape index (κ3) is 6.11. The van der Waals surface area contributed by atoms with Crippen LogP contribution in [-0.4, -0.2) is 17.4 Å². The first-order chi connectivity index (χ1) is 10.00. The lowest BCUT2D eigenvalue weighted by Gasteiger charge is -2.24. The Balaban J connectivity index is 0.00000242. The van der Waals surface area contributed by atoms with Crippen LogP contribution in [0.5, 0.6) is 0 Å². The zero-order valence-corrected chi connectivity index (χ0v) is 15.9. The molecule has 0 saturated heterocycles. The molecule has 1 aromatic heterocycles. The van der Waals surface area contributed by atoms with Gasteiger partial charge in [-0.25, -0.2) is 0 Å². The SMILES string of the molecule is CC(N)(C(=O)NCCc1cccnc1)c1ccc(Br)cc1.Cl.Cl. The smallest absolute Gasteiger partial charge is 0.244 e. The first-order valence-electron chi connectivity index (χ1n) is 6.72. The number of nitrogens with one attached hydrogen (secondary N) is 1. The molecule has 0 aliphatic rings. The van der Waals surface area contributed by atoms with E-state index in [-0.39, 0.29) is 30.7 Å². The van der Waals surface area contributed by atoms with E-state index in [0.717, 1.165) is 22.0 Å². The van der Waals surface area contributed by atoms with Gasteiger partial charge in [0.1, 0.15) is 5.54 Å². The second-order valence-corrected chi connectivity index (χ2v) is 5.99. The minimum absolute atomic E-state index is 0. The Hall–Kier alpha value is -1.14. The molecule has 2 rings (SSSR count). The van der Waals surface area contributed by atoms with Crippen LogP contribution >= 0.6 is 40.7 Å². The standard InChI is InChI=1S/C16H18BrN3O.2ClH/c1-16(18,13-4-6-14(17)7-5-13)15(21)20-10-8-12-3-2-9-19-11-12;;/h2-7,9,11H,8,10,18H2,1H3,(H,20,21);2*1H. The van der Waals surface area contributed by atoms with E-state index in [1.165, 1.54) is 0 Å². The third-order valence-corrected chi connectivity index (χ3v) is 3.87. The first-order valence-corrected chi connectivity index (χ1v) is 7.51. The average Bonchev–Trinajstić information content (AvgIpc) is 2.48. The summed E-state index contributed by atoms with van der Waals surface area (Å²) in [7, 11) is 0. The number of nitrogens with zero attached hydrogens (tertiary/aromatic N) is 1. The maximum absolute atomic E-state index is 12.3. The van der Waals surface area contributed by atoms with Gasteiger partial charge < -0.3 is 11.1 Å². The molecule has 0 bridgehead atoms. The topological polar surface area (TPSA) is 68.0 Å². The van der Waals surface area contributed by atoms with Crippen molar-refractivity contribution in [3.05, 3.63) is 64.4 Å². The largest absolute Gasteiger partial charge is 0.354 e. The van der Waals surface area contributed by atoms with Crippen molar-refractivity contribution in [1.82, 2.24) is 10.3 Å². The van der Waals surface area contributed by atoms with Crippen LogP contribution in [0, 0.1) is 0 Å². The van der Waals surface area contributed by atoms with E-state index in [0.29, 0.717) is 6.54 Å². The molecule has 3 N–H and O–H groups in total. The summed E-state index contributed by atoms with van der Waals surface area (Å²) in [6.07, 6.45) is 4.26. The van der Waals surface area contributed by atoms with E-state index in [4.69, 9.17) is 5.73 Å². The summed E-state index contributed by atoms with van der Waals surface area (Å²) in [4.78, 5) is 16.3. The van der Waals surface area contributed by atoms with Crippen LogP contribution in [0.1, 0.15) is 18.1 Å². The molecule has 4 nitrogen and oxygen atoms in total. The summed E-state index contributed by atoms with van der Waals surface area (Å²) >= 11 is 3.37. The molecule has 0 aliphatic heterocycles. The highest BCUT2D eigenvalue weighted by atomic mass is 79.9. The molecular weight excluding hydrogens is 401 g/mol. The molecule has 7 heteroatoms. The predicted molar refractivity (Wildman–Crippen MR) is 101 cm³/mol. The highest BCUT2D eigenvalue weighted by molar-refractivity contribution is 9.10. The van der Waals surface area contributed by atoms with Crippen molar-refractivity contribution >= 4 is 46.7 Å². The number of nitrogens with two attached hydrogens (primary N) is 1. The van der Waals surface area contributed by atoms with E-state index in [1.54, 1.807) is 19.3 Å². The lowest BCUT2D eigenvalue weighted by atomic mass is 9.92. The number of benzene rings is 1. The quantitative estimate of drug-likeness (QED) is 0.780. The van der Waals surface area contributed by atoms with Gasteiger partial charge in [-0.2, -0.15) is 0 Å². The Morgan fingerprint density at radius 3 is 2.48 bits per heavy atom. The molecular formula is C16H20BrCl2N3O. The normalized spacial score (nSPS) is 12.3. The fourth-order valence-corrected chi connectivity index (χ4v) is 2.24. The maximum Gasteiger partial charge on any atom is 0.244 e. The van der Waals surface area contributed by atoms with Gasteiger partial charge in [0.15, 0.2) is 0 Å². The van der Waals surface area contributed by atoms with Crippen molar-refractivity contribution in [3.63, 3.8) is 0 Å². The summed E-state index contributed by atoms with van der Waals surface area (Å²) in [5.41, 5.74) is 6.99. The summed E-state index contributed by atoms with van der Waals surface area (Å²) in [6, 6.07) is 11.3. The minimum Gasteiger partial charge on any atom is -0.354 e. The van der Waals surface area contributed by atoms with Crippen molar-refractivity contribution in [3.8, 4) is 0 Å². The molecule has 0 saturated carbocycles. The van der Waals surface area contributed by atoms with Crippen LogP contribution in [0.4, 0.5) is 0 Å². The highest BCUT2D eigenvalue weighted by Gasteiger charge is 2.29. The minimum atomic E-state index is -1.05. The summed E-state index contributed by atoms with van der Waals surface area (Å²) in [6.45, 7) is 2.25. The number of aromatic nitrogens is 1. The van der Waals surface area contributed by atoms with Crippen LogP contribution < -0.4 is 11.1 Å². The molecule has 1 amide bonds.